The minimum absolute atomic E-state index is 0.195. The van der Waals surface area contributed by atoms with Gasteiger partial charge < -0.3 is 14.4 Å². The summed E-state index contributed by atoms with van der Waals surface area (Å²) in [7, 11) is 4.13. The molecule has 2 heterocycles. The van der Waals surface area contributed by atoms with Crippen LogP contribution in [0.1, 0.15) is 12.2 Å². The van der Waals surface area contributed by atoms with Crippen molar-refractivity contribution in [3.63, 3.8) is 0 Å². The Morgan fingerprint density at radius 1 is 1.56 bits per heavy atom. The SMILES string of the molecule is CN(C)CC1CC(O)CN1Cc1ccco1. The number of rotatable bonds is 4. The molecular weight excluding hydrogens is 204 g/mol. The van der Waals surface area contributed by atoms with E-state index in [2.05, 4.69) is 23.9 Å². The van der Waals surface area contributed by atoms with Crippen molar-refractivity contribution >= 4 is 0 Å². The van der Waals surface area contributed by atoms with Crippen LogP contribution < -0.4 is 0 Å². The summed E-state index contributed by atoms with van der Waals surface area (Å²) in [6.45, 7) is 2.53. The van der Waals surface area contributed by atoms with E-state index in [0.29, 0.717) is 6.04 Å². The van der Waals surface area contributed by atoms with E-state index < -0.39 is 0 Å². The van der Waals surface area contributed by atoms with Crippen LogP contribution in [0.4, 0.5) is 0 Å². The molecule has 16 heavy (non-hydrogen) atoms. The number of β-amino-alcohol motifs (C(OH)–C–C–N with tert-alkyl or cyclic N) is 1. The highest BCUT2D eigenvalue weighted by atomic mass is 16.3. The Morgan fingerprint density at radius 2 is 2.38 bits per heavy atom. The van der Waals surface area contributed by atoms with Crippen molar-refractivity contribution in [1.29, 1.82) is 0 Å². The first-order valence-electron chi connectivity index (χ1n) is 5.74. The van der Waals surface area contributed by atoms with Gasteiger partial charge in [0, 0.05) is 19.1 Å². The molecule has 1 fully saturated rings. The van der Waals surface area contributed by atoms with Crippen LogP contribution >= 0.6 is 0 Å². The van der Waals surface area contributed by atoms with Gasteiger partial charge in [-0.15, -0.1) is 0 Å². The molecular formula is C12H20N2O2. The lowest BCUT2D eigenvalue weighted by Crippen LogP contribution is -2.37. The Kier molecular flexibility index (Phi) is 3.63. The zero-order valence-electron chi connectivity index (χ0n) is 9.97. The third-order valence-corrected chi connectivity index (χ3v) is 3.02. The van der Waals surface area contributed by atoms with Crippen LogP contribution in [0.5, 0.6) is 0 Å². The number of nitrogens with zero attached hydrogens (tertiary/aromatic N) is 2. The zero-order valence-corrected chi connectivity index (χ0v) is 9.97. The van der Waals surface area contributed by atoms with Crippen molar-refractivity contribution in [2.75, 3.05) is 27.2 Å². The van der Waals surface area contributed by atoms with Gasteiger partial charge in [-0.25, -0.2) is 0 Å². The van der Waals surface area contributed by atoms with Gasteiger partial charge >= 0.3 is 0 Å². The highest BCUT2D eigenvalue weighted by Gasteiger charge is 2.31. The van der Waals surface area contributed by atoms with E-state index in [4.69, 9.17) is 4.42 Å². The molecule has 4 heteroatoms. The summed E-state index contributed by atoms with van der Waals surface area (Å²) in [5.74, 6) is 0.970. The van der Waals surface area contributed by atoms with Gasteiger partial charge in [0.1, 0.15) is 5.76 Å². The lowest BCUT2D eigenvalue weighted by molar-refractivity contribution is 0.163. The second-order valence-corrected chi connectivity index (χ2v) is 4.81. The van der Waals surface area contributed by atoms with Gasteiger partial charge in [0.25, 0.3) is 0 Å². The molecule has 2 unspecified atom stereocenters. The summed E-state index contributed by atoms with van der Waals surface area (Å²) in [4.78, 5) is 4.46. The predicted molar refractivity (Wildman–Crippen MR) is 62.1 cm³/mol. The minimum Gasteiger partial charge on any atom is -0.468 e. The quantitative estimate of drug-likeness (QED) is 0.820. The molecule has 4 nitrogen and oxygen atoms in total. The lowest BCUT2D eigenvalue weighted by atomic mass is 10.2. The lowest BCUT2D eigenvalue weighted by Gasteiger charge is -2.25. The maximum Gasteiger partial charge on any atom is 0.117 e. The van der Waals surface area contributed by atoms with E-state index in [-0.39, 0.29) is 6.10 Å². The van der Waals surface area contributed by atoms with Gasteiger partial charge in [-0.2, -0.15) is 0 Å². The van der Waals surface area contributed by atoms with Gasteiger partial charge in [-0.05, 0) is 32.6 Å². The summed E-state index contributed by atoms with van der Waals surface area (Å²) in [6, 6.07) is 4.32. The molecule has 1 aromatic rings. The first-order chi connectivity index (χ1) is 7.65. The summed E-state index contributed by atoms with van der Waals surface area (Å²) in [5, 5.41) is 9.72. The molecule has 0 saturated carbocycles. The number of hydrogen-bond donors (Lipinski definition) is 1. The van der Waals surface area contributed by atoms with Crippen molar-refractivity contribution in [2.45, 2.75) is 25.1 Å². The number of hydrogen-bond acceptors (Lipinski definition) is 4. The number of likely N-dealkylation sites (N-methyl/N-ethyl adjacent to an activating group) is 1. The molecule has 0 aliphatic carbocycles. The normalized spacial score (nSPS) is 26.8. The second kappa shape index (κ2) is 4.99. The number of aliphatic hydroxyl groups is 1. The van der Waals surface area contributed by atoms with Crippen molar-refractivity contribution in [2.24, 2.45) is 0 Å². The minimum atomic E-state index is -0.195. The fourth-order valence-electron chi connectivity index (χ4n) is 2.37. The van der Waals surface area contributed by atoms with Crippen LogP contribution in [0, 0.1) is 0 Å². The first kappa shape index (κ1) is 11.6. The summed E-state index contributed by atoms with van der Waals surface area (Å²) >= 11 is 0. The Labute approximate surface area is 96.5 Å². The third kappa shape index (κ3) is 2.84. The molecule has 2 atom stereocenters. The third-order valence-electron chi connectivity index (χ3n) is 3.02. The van der Waals surface area contributed by atoms with Crippen LogP contribution in [-0.2, 0) is 6.54 Å². The van der Waals surface area contributed by atoms with E-state index in [1.54, 1.807) is 6.26 Å². The molecule has 1 aliphatic heterocycles. The molecule has 1 saturated heterocycles. The van der Waals surface area contributed by atoms with Crippen LogP contribution in [-0.4, -0.2) is 54.2 Å². The second-order valence-electron chi connectivity index (χ2n) is 4.81. The average Bonchev–Trinajstić information content (AvgIpc) is 2.77. The van der Waals surface area contributed by atoms with Gasteiger partial charge in [0.2, 0.25) is 0 Å². The van der Waals surface area contributed by atoms with Crippen molar-refractivity contribution in [3.05, 3.63) is 24.2 Å². The molecule has 2 rings (SSSR count). The molecule has 1 N–H and O–H groups in total. The van der Waals surface area contributed by atoms with Crippen LogP contribution in [0.2, 0.25) is 0 Å². The largest absolute Gasteiger partial charge is 0.468 e. The van der Waals surface area contributed by atoms with Crippen LogP contribution in [0.15, 0.2) is 22.8 Å². The summed E-state index contributed by atoms with van der Waals surface area (Å²) < 4.78 is 5.35. The first-order valence-corrected chi connectivity index (χ1v) is 5.74. The smallest absolute Gasteiger partial charge is 0.117 e. The van der Waals surface area contributed by atoms with Crippen LogP contribution in [0.3, 0.4) is 0 Å². The maximum absolute atomic E-state index is 9.72. The van der Waals surface area contributed by atoms with Crippen molar-refractivity contribution in [3.8, 4) is 0 Å². The number of likely N-dealkylation sites (tertiary alicyclic amines) is 1. The average molecular weight is 224 g/mol. The maximum atomic E-state index is 9.72. The zero-order chi connectivity index (χ0) is 11.5. The summed E-state index contributed by atoms with van der Waals surface area (Å²) in [6.07, 6.45) is 2.36. The van der Waals surface area contributed by atoms with Crippen LogP contribution in [0.25, 0.3) is 0 Å². The van der Waals surface area contributed by atoms with Crippen molar-refractivity contribution in [1.82, 2.24) is 9.80 Å². The van der Waals surface area contributed by atoms with Crippen molar-refractivity contribution < 1.29 is 9.52 Å². The predicted octanol–water partition coefficient (Wildman–Crippen LogP) is 0.776. The number of furan rings is 1. The molecule has 0 radical (unpaired) electrons. The highest BCUT2D eigenvalue weighted by Crippen LogP contribution is 2.21. The molecule has 90 valence electrons. The Hall–Kier alpha value is -0.840. The Morgan fingerprint density at radius 3 is 3.00 bits per heavy atom. The monoisotopic (exact) mass is 224 g/mol. The fourth-order valence-corrected chi connectivity index (χ4v) is 2.37. The van der Waals surface area contributed by atoms with Gasteiger partial charge in [-0.3, -0.25) is 4.90 Å². The number of aliphatic hydroxyl groups excluding tert-OH is 1. The fraction of sp³-hybridized carbons (Fsp3) is 0.667. The summed E-state index contributed by atoms with van der Waals surface area (Å²) in [5.41, 5.74) is 0. The van der Waals surface area contributed by atoms with Gasteiger partial charge in [0.05, 0.1) is 18.9 Å². The van der Waals surface area contributed by atoms with E-state index >= 15 is 0 Å². The van der Waals surface area contributed by atoms with E-state index in [1.165, 1.54) is 0 Å². The topological polar surface area (TPSA) is 39.9 Å². The van der Waals surface area contributed by atoms with E-state index in [9.17, 15) is 5.11 Å². The van der Waals surface area contributed by atoms with Gasteiger partial charge in [0.15, 0.2) is 0 Å². The molecule has 1 aliphatic rings. The van der Waals surface area contributed by atoms with Gasteiger partial charge in [-0.1, -0.05) is 0 Å². The molecule has 0 bridgehead atoms. The molecule has 0 amide bonds. The standard InChI is InChI=1S/C12H20N2O2/c1-13(2)7-10-6-11(15)8-14(10)9-12-4-3-5-16-12/h3-5,10-11,15H,6-9H2,1-2H3. The molecule has 0 spiro atoms. The van der Waals surface area contributed by atoms with E-state index in [0.717, 1.165) is 31.8 Å². The molecule has 0 aromatic carbocycles. The van der Waals surface area contributed by atoms with E-state index in [1.807, 2.05) is 12.1 Å². The Bertz CT molecular complexity index is 311. The molecule has 1 aromatic heterocycles. The Balaban J connectivity index is 1.95. The highest BCUT2D eigenvalue weighted by molar-refractivity contribution is 5.00.